The normalized spacial score (nSPS) is 46.1. The van der Waals surface area contributed by atoms with Crippen LogP contribution in [-0.2, 0) is 4.74 Å². The molecule has 0 amide bonds. The molecule has 0 saturated carbocycles. The number of hydrogen-bond acceptors (Lipinski definition) is 2. The Hall–Kier alpha value is -0.0800. The van der Waals surface area contributed by atoms with Gasteiger partial charge in [0.1, 0.15) is 0 Å². The number of fused-ring (bicyclic) bond motifs is 1. The summed E-state index contributed by atoms with van der Waals surface area (Å²) in [5.41, 5.74) is 0. The highest BCUT2D eigenvalue weighted by molar-refractivity contribution is 4.92. The zero-order valence-electron chi connectivity index (χ0n) is 5.13. The Morgan fingerprint density at radius 3 is 2.88 bits per heavy atom. The van der Waals surface area contributed by atoms with E-state index in [1.807, 2.05) is 0 Å². The minimum atomic E-state index is 0.773. The van der Waals surface area contributed by atoms with Crippen LogP contribution in [0.25, 0.3) is 0 Å². The fourth-order valence-electron chi connectivity index (χ4n) is 1.62. The van der Waals surface area contributed by atoms with Crippen LogP contribution >= 0.6 is 0 Å². The van der Waals surface area contributed by atoms with E-state index >= 15 is 0 Å². The molecule has 46 valence electrons. The molecular formula is C6H11NO. The molecule has 0 aliphatic carbocycles. The van der Waals surface area contributed by atoms with Crippen molar-refractivity contribution in [2.45, 2.75) is 6.04 Å². The summed E-state index contributed by atoms with van der Waals surface area (Å²) in [7, 11) is 2.16. The second-order valence-electron chi connectivity index (χ2n) is 2.80. The van der Waals surface area contributed by atoms with E-state index in [0.717, 1.165) is 25.2 Å². The molecule has 2 aliphatic heterocycles. The van der Waals surface area contributed by atoms with Crippen LogP contribution in [0.2, 0.25) is 0 Å². The molecule has 2 nitrogen and oxygen atoms in total. The number of ether oxygens (including phenoxy) is 1. The molecule has 0 radical (unpaired) electrons. The van der Waals surface area contributed by atoms with Crippen LogP contribution in [0, 0.1) is 5.92 Å². The van der Waals surface area contributed by atoms with Gasteiger partial charge in [-0.1, -0.05) is 0 Å². The molecule has 2 saturated heterocycles. The smallest absolute Gasteiger partial charge is 0.0625 e. The fourth-order valence-corrected chi connectivity index (χ4v) is 1.62. The van der Waals surface area contributed by atoms with Gasteiger partial charge in [0.2, 0.25) is 0 Å². The third-order valence-corrected chi connectivity index (χ3v) is 2.25. The van der Waals surface area contributed by atoms with Crippen molar-refractivity contribution in [2.75, 3.05) is 26.8 Å². The third-order valence-electron chi connectivity index (χ3n) is 2.25. The Labute approximate surface area is 49.4 Å². The molecule has 0 bridgehead atoms. The summed E-state index contributed by atoms with van der Waals surface area (Å²) >= 11 is 0. The summed E-state index contributed by atoms with van der Waals surface area (Å²) in [6, 6.07) is 0.773. The van der Waals surface area contributed by atoms with Gasteiger partial charge in [-0.15, -0.1) is 0 Å². The summed E-state index contributed by atoms with van der Waals surface area (Å²) in [6.07, 6.45) is 0. The van der Waals surface area contributed by atoms with Gasteiger partial charge >= 0.3 is 0 Å². The highest BCUT2D eigenvalue weighted by atomic mass is 16.5. The van der Waals surface area contributed by atoms with Crippen molar-refractivity contribution < 1.29 is 4.74 Å². The molecule has 2 heteroatoms. The van der Waals surface area contributed by atoms with Crippen LogP contribution in [0.4, 0.5) is 0 Å². The van der Waals surface area contributed by atoms with Crippen LogP contribution < -0.4 is 0 Å². The predicted octanol–water partition coefficient (Wildman–Crippen LogP) is -0.0532. The summed E-state index contributed by atoms with van der Waals surface area (Å²) < 4.78 is 5.26. The van der Waals surface area contributed by atoms with Crippen LogP contribution in [0.3, 0.4) is 0 Å². The quantitative estimate of drug-likeness (QED) is 0.436. The van der Waals surface area contributed by atoms with Gasteiger partial charge in [0.05, 0.1) is 13.2 Å². The van der Waals surface area contributed by atoms with Crippen LogP contribution in [0.15, 0.2) is 0 Å². The van der Waals surface area contributed by atoms with Crippen molar-refractivity contribution >= 4 is 0 Å². The molecule has 0 aromatic rings. The second-order valence-corrected chi connectivity index (χ2v) is 2.80. The maximum Gasteiger partial charge on any atom is 0.0625 e. The molecule has 2 aliphatic rings. The molecule has 8 heavy (non-hydrogen) atoms. The van der Waals surface area contributed by atoms with E-state index in [9.17, 15) is 0 Å². The monoisotopic (exact) mass is 113 g/mol. The maximum atomic E-state index is 5.26. The first-order chi connectivity index (χ1) is 3.88. The molecule has 2 heterocycles. The Kier molecular flexibility index (Phi) is 0.866. The topological polar surface area (TPSA) is 12.5 Å². The maximum absolute atomic E-state index is 5.26. The van der Waals surface area contributed by atoms with Gasteiger partial charge in [0, 0.05) is 18.5 Å². The van der Waals surface area contributed by atoms with Gasteiger partial charge in [0.25, 0.3) is 0 Å². The largest absolute Gasteiger partial charge is 0.379 e. The van der Waals surface area contributed by atoms with Gasteiger partial charge in [-0.3, -0.25) is 0 Å². The molecule has 2 atom stereocenters. The van der Waals surface area contributed by atoms with Gasteiger partial charge in [0.15, 0.2) is 0 Å². The Balaban J connectivity index is 2.02. The van der Waals surface area contributed by atoms with E-state index in [-0.39, 0.29) is 0 Å². The molecule has 0 spiro atoms. The Morgan fingerprint density at radius 2 is 2.38 bits per heavy atom. The molecule has 0 aromatic heterocycles. The minimum absolute atomic E-state index is 0.773. The first kappa shape index (κ1) is 4.77. The average molecular weight is 113 g/mol. The zero-order chi connectivity index (χ0) is 5.56. The van der Waals surface area contributed by atoms with Gasteiger partial charge in [-0.25, -0.2) is 0 Å². The van der Waals surface area contributed by atoms with Crippen molar-refractivity contribution in [3.63, 3.8) is 0 Å². The van der Waals surface area contributed by atoms with Crippen molar-refractivity contribution in [3.8, 4) is 0 Å². The molecule has 2 fully saturated rings. The number of nitrogens with zero attached hydrogens (tertiary/aromatic N) is 1. The highest BCUT2D eigenvalue weighted by Gasteiger charge is 2.40. The summed E-state index contributed by atoms with van der Waals surface area (Å²) in [4.78, 5) is 2.36. The molecule has 2 unspecified atom stereocenters. The third kappa shape index (κ3) is 0.446. The molecule has 2 rings (SSSR count). The Bertz CT molecular complexity index is 105. The van der Waals surface area contributed by atoms with Gasteiger partial charge in [-0.2, -0.15) is 0 Å². The summed E-state index contributed by atoms with van der Waals surface area (Å²) in [5, 5.41) is 0. The SMILES string of the molecule is CN1CC2COCC21. The van der Waals surface area contributed by atoms with Crippen molar-refractivity contribution in [1.82, 2.24) is 4.90 Å². The van der Waals surface area contributed by atoms with E-state index in [0.29, 0.717) is 0 Å². The first-order valence-electron chi connectivity index (χ1n) is 3.16. The van der Waals surface area contributed by atoms with E-state index in [2.05, 4.69) is 11.9 Å². The van der Waals surface area contributed by atoms with E-state index in [4.69, 9.17) is 4.74 Å². The predicted molar refractivity (Wildman–Crippen MR) is 30.7 cm³/mol. The van der Waals surface area contributed by atoms with Gasteiger partial charge < -0.3 is 9.64 Å². The number of likely N-dealkylation sites (tertiary alicyclic amines) is 1. The first-order valence-corrected chi connectivity index (χ1v) is 3.16. The Morgan fingerprint density at radius 1 is 1.50 bits per heavy atom. The highest BCUT2D eigenvalue weighted by Crippen LogP contribution is 2.28. The zero-order valence-corrected chi connectivity index (χ0v) is 5.13. The van der Waals surface area contributed by atoms with Crippen LogP contribution in [0.1, 0.15) is 0 Å². The van der Waals surface area contributed by atoms with Gasteiger partial charge in [-0.05, 0) is 7.05 Å². The van der Waals surface area contributed by atoms with E-state index in [1.54, 1.807) is 0 Å². The lowest BCUT2D eigenvalue weighted by molar-refractivity contribution is 0.0820. The summed E-state index contributed by atoms with van der Waals surface area (Å²) in [6.45, 7) is 3.24. The van der Waals surface area contributed by atoms with Crippen molar-refractivity contribution in [3.05, 3.63) is 0 Å². The molecule has 0 aromatic carbocycles. The fraction of sp³-hybridized carbons (Fsp3) is 1.00. The van der Waals surface area contributed by atoms with E-state index in [1.165, 1.54) is 6.54 Å². The lowest BCUT2D eigenvalue weighted by atomic mass is 9.93. The standard InChI is InChI=1S/C6H11NO/c1-7-2-5-3-8-4-6(5)7/h5-6H,2-4H2,1H3. The average Bonchev–Trinajstić information content (AvgIpc) is 2.09. The van der Waals surface area contributed by atoms with Crippen molar-refractivity contribution in [2.24, 2.45) is 5.92 Å². The number of hydrogen-bond donors (Lipinski definition) is 0. The van der Waals surface area contributed by atoms with Crippen LogP contribution in [-0.4, -0.2) is 37.7 Å². The second kappa shape index (κ2) is 1.45. The molecule has 0 N–H and O–H groups in total. The van der Waals surface area contributed by atoms with E-state index < -0.39 is 0 Å². The minimum Gasteiger partial charge on any atom is -0.379 e. The molecular weight excluding hydrogens is 102 g/mol. The van der Waals surface area contributed by atoms with Crippen LogP contribution in [0.5, 0.6) is 0 Å². The lowest BCUT2D eigenvalue weighted by Crippen LogP contribution is -2.52. The lowest BCUT2D eigenvalue weighted by Gasteiger charge is -2.39. The number of rotatable bonds is 0. The van der Waals surface area contributed by atoms with Crippen molar-refractivity contribution in [1.29, 1.82) is 0 Å². The number of likely N-dealkylation sites (N-methyl/N-ethyl adjacent to an activating group) is 1. The summed E-state index contributed by atoms with van der Waals surface area (Å²) in [5.74, 6) is 0.875.